The minimum Gasteiger partial charge on any atom is -0.357 e. The van der Waals surface area contributed by atoms with Crippen molar-refractivity contribution < 1.29 is 18.0 Å². The second-order valence-corrected chi connectivity index (χ2v) is 10.3. The molecule has 33 heavy (non-hydrogen) atoms. The maximum absolute atomic E-state index is 13.2. The molecule has 0 bridgehead atoms. The van der Waals surface area contributed by atoms with E-state index in [9.17, 15) is 18.0 Å². The van der Waals surface area contributed by atoms with E-state index in [1.165, 1.54) is 4.31 Å². The Morgan fingerprint density at radius 2 is 1.79 bits per heavy atom. The Morgan fingerprint density at radius 3 is 2.33 bits per heavy atom. The average molecular weight is 494 g/mol. The van der Waals surface area contributed by atoms with Crippen LogP contribution in [-0.4, -0.2) is 51.0 Å². The minimum atomic E-state index is -3.51. The van der Waals surface area contributed by atoms with Gasteiger partial charge in [-0.25, -0.2) is 8.42 Å². The average Bonchev–Trinajstić information content (AvgIpc) is 2.76. The van der Waals surface area contributed by atoms with E-state index < -0.39 is 16.1 Å². The minimum absolute atomic E-state index is 0.110. The molecule has 0 radical (unpaired) electrons. The highest BCUT2D eigenvalue weighted by Gasteiger charge is 2.28. The number of amides is 2. The Labute approximate surface area is 201 Å². The number of anilines is 1. The van der Waals surface area contributed by atoms with Crippen LogP contribution in [0.1, 0.15) is 37.3 Å². The molecule has 0 aliphatic carbocycles. The van der Waals surface area contributed by atoms with Crippen LogP contribution in [0.15, 0.2) is 48.5 Å². The molecule has 0 fully saturated rings. The van der Waals surface area contributed by atoms with Crippen molar-refractivity contribution in [3.8, 4) is 0 Å². The Balaban J connectivity index is 2.18. The summed E-state index contributed by atoms with van der Waals surface area (Å²) < 4.78 is 26.1. The Kier molecular flexibility index (Phi) is 9.73. The zero-order chi connectivity index (χ0) is 24.6. The van der Waals surface area contributed by atoms with Gasteiger partial charge in [0, 0.05) is 31.6 Å². The van der Waals surface area contributed by atoms with Crippen molar-refractivity contribution in [1.82, 2.24) is 10.2 Å². The molecule has 2 amide bonds. The van der Waals surface area contributed by atoms with Gasteiger partial charge in [-0.2, -0.15) is 0 Å². The molecule has 2 aromatic carbocycles. The van der Waals surface area contributed by atoms with Crippen LogP contribution < -0.4 is 9.62 Å². The molecule has 0 aliphatic rings. The quantitative estimate of drug-likeness (QED) is 0.516. The molecule has 1 unspecified atom stereocenters. The van der Waals surface area contributed by atoms with Gasteiger partial charge in [-0.15, -0.1) is 0 Å². The smallest absolute Gasteiger partial charge is 0.242 e. The molecule has 2 rings (SSSR count). The number of sulfonamides is 1. The van der Waals surface area contributed by atoms with Crippen molar-refractivity contribution >= 4 is 39.1 Å². The van der Waals surface area contributed by atoms with E-state index in [1.54, 1.807) is 42.3 Å². The summed E-state index contributed by atoms with van der Waals surface area (Å²) in [6.45, 7) is 4.17. The number of nitrogens with zero attached hydrogens (tertiary/aromatic N) is 2. The van der Waals surface area contributed by atoms with Crippen molar-refractivity contribution in [2.45, 2.75) is 45.7 Å². The van der Waals surface area contributed by atoms with Gasteiger partial charge in [0.05, 0.1) is 11.9 Å². The molecule has 0 aromatic heterocycles. The number of hydrogen-bond acceptors (Lipinski definition) is 4. The largest absolute Gasteiger partial charge is 0.357 e. The standard InChI is InChI=1S/C24H32ClN3O4S/c1-5-22(24(30)26-3)27(17-19-11-13-20(25)14-12-19)23(29)10-7-15-28(33(4,31)32)21-9-6-8-18(2)16-21/h6,8-9,11-14,16,22H,5,7,10,15,17H2,1-4H3,(H,26,30). The van der Waals surface area contributed by atoms with E-state index in [1.807, 2.05) is 32.0 Å². The van der Waals surface area contributed by atoms with Crippen molar-refractivity contribution in [2.75, 3.05) is 24.2 Å². The Bertz CT molecular complexity index is 1060. The SMILES string of the molecule is CCC(C(=O)NC)N(Cc1ccc(Cl)cc1)C(=O)CCCN(c1cccc(C)c1)S(C)(=O)=O. The molecule has 1 atom stereocenters. The normalized spacial score (nSPS) is 12.2. The first-order chi connectivity index (χ1) is 15.6. The summed E-state index contributed by atoms with van der Waals surface area (Å²) in [5.74, 6) is -0.449. The first kappa shape index (κ1) is 26.7. The van der Waals surface area contributed by atoms with Crippen molar-refractivity contribution in [1.29, 1.82) is 0 Å². The third-order valence-electron chi connectivity index (χ3n) is 5.34. The first-order valence-electron chi connectivity index (χ1n) is 10.9. The second kappa shape index (κ2) is 12.0. The van der Waals surface area contributed by atoms with E-state index in [0.29, 0.717) is 23.6 Å². The number of carbonyl (C=O) groups is 2. The molecule has 180 valence electrons. The number of hydrogen-bond donors (Lipinski definition) is 1. The van der Waals surface area contributed by atoms with E-state index in [4.69, 9.17) is 11.6 Å². The van der Waals surface area contributed by atoms with Crippen LogP contribution in [0.5, 0.6) is 0 Å². The molecule has 9 heteroatoms. The fraction of sp³-hybridized carbons (Fsp3) is 0.417. The highest BCUT2D eigenvalue weighted by Crippen LogP contribution is 2.21. The summed E-state index contributed by atoms with van der Waals surface area (Å²) in [6.07, 6.45) is 2.04. The summed E-state index contributed by atoms with van der Waals surface area (Å²) in [6, 6.07) is 13.7. The lowest BCUT2D eigenvalue weighted by molar-refractivity contribution is -0.141. The van der Waals surface area contributed by atoms with Gasteiger partial charge in [0.1, 0.15) is 6.04 Å². The van der Waals surface area contributed by atoms with E-state index in [0.717, 1.165) is 17.4 Å². The van der Waals surface area contributed by atoms with E-state index in [2.05, 4.69) is 5.32 Å². The number of nitrogens with one attached hydrogen (secondary N) is 1. The summed E-state index contributed by atoms with van der Waals surface area (Å²) in [5, 5.41) is 3.22. The number of rotatable bonds is 11. The summed E-state index contributed by atoms with van der Waals surface area (Å²) in [4.78, 5) is 27.2. The maximum atomic E-state index is 13.2. The number of halogens is 1. The summed E-state index contributed by atoms with van der Waals surface area (Å²) >= 11 is 5.97. The molecule has 1 N–H and O–H groups in total. The van der Waals surface area contributed by atoms with Crippen molar-refractivity contribution in [3.05, 3.63) is 64.7 Å². The van der Waals surface area contributed by atoms with Crippen molar-refractivity contribution in [2.24, 2.45) is 0 Å². The number of aryl methyl sites for hydroxylation is 1. The van der Waals surface area contributed by atoms with Gasteiger partial charge >= 0.3 is 0 Å². The molecular formula is C24H32ClN3O4S. The van der Waals surface area contributed by atoms with Crippen LogP contribution >= 0.6 is 11.6 Å². The molecule has 0 saturated heterocycles. The molecule has 0 aliphatic heterocycles. The van der Waals surface area contributed by atoms with Gasteiger partial charge in [0.2, 0.25) is 21.8 Å². The maximum Gasteiger partial charge on any atom is 0.242 e. The first-order valence-corrected chi connectivity index (χ1v) is 13.1. The van der Waals surface area contributed by atoms with E-state index >= 15 is 0 Å². The van der Waals surface area contributed by atoms with Crippen molar-refractivity contribution in [3.63, 3.8) is 0 Å². The number of benzene rings is 2. The van der Waals surface area contributed by atoms with Gasteiger partial charge in [-0.3, -0.25) is 13.9 Å². The summed E-state index contributed by atoms with van der Waals surface area (Å²) in [7, 11) is -1.97. The van der Waals surface area contributed by atoms with Gasteiger partial charge in [-0.1, -0.05) is 42.8 Å². The molecule has 2 aromatic rings. The summed E-state index contributed by atoms with van der Waals surface area (Å²) in [5.41, 5.74) is 2.37. The molecule has 7 nitrogen and oxygen atoms in total. The molecule has 0 saturated carbocycles. The number of carbonyl (C=O) groups excluding carboxylic acids is 2. The van der Waals surface area contributed by atoms with E-state index in [-0.39, 0.29) is 31.3 Å². The number of likely N-dealkylation sites (N-methyl/N-ethyl adjacent to an activating group) is 1. The van der Waals surface area contributed by atoms with Crippen LogP contribution in [0.2, 0.25) is 5.02 Å². The molecule has 0 spiro atoms. The fourth-order valence-corrected chi connectivity index (χ4v) is 4.74. The predicted molar refractivity (Wildman–Crippen MR) is 133 cm³/mol. The highest BCUT2D eigenvalue weighted by molar-refractivity contribution is 7.92. The monoisotopic (exact) mass is 493 g/mol. The highest BCUT2D eigenvalue weighted by atomic mass is 35.5. The zero-order valence-electron chi connectivity index (χ0n) is 19.5. The third-order valence-corrected chi connectivity index (χ3v) is 6.79. The van der Waals surface area contributed by atoms with Crippen LogP contribution in [0.4, 0.5) is 5.69 Å². The topological polar surface area (TPSA) is 86.8 Å². The van der Waals surface area contributed by atoms with Crippen LogP contribution in [0.3, 0.4) is 0 Å². The Hall–Kier alpha value is -2.58. The van der Waals surface area contributed by atoms with Crippen LogP contribution in [0, 0.1) is 6.92 Å². The Morgan fingerprint density at radius 1 is 1.12 bits per heavy atom. The van der Waals surface area contributed by atoms with Gasteiger partial charge in [0.25, 0.3) is 0 Å². The third kappa shape index (κ3) is 7.75. The lowest BCUT2D eigenvalue weighted by Crippen LogP contribution is -2.48. The zero-order valence-corrected chi connectivity index (χ0v) is 21.1. The van der Waals surface area contributed by atoms with Crippen LogP contribution in [-0.2, 0) is 26.2 Å². The second-order valence-electron chi connectivity index (χ2n) is 7.96. The predicted octanol–water partition coefficient (Wildman–Crippen LogP) is 3.75. The molecule has 0 heterocycles. The van der Waals surface area contributed by atoms with Crippen LogP contribution in [0.25, 0.3) is 0 Å². The molecular weight excluding hydrogens is 462 g/mol. The van der Waals surface area contributed by atoms with Gasteiger partial charge < -0.3 is 10.2 Å². The fourth-order valence-electron chi connectivity index (χ4n) is 3.66. The lowest BCUT2D eigenvalue weighted by Gasteiger charge is -2.30. The van der Waals surface area contributed by atoms with Gasteiger partial charge in [-0.05, 0) is 55.2 Å². The van der Waals surface area contributed by atoms with Gasteiger partial charge in [0.15, 0.2) is 0 Å². The lowest BCUT2D eigenvalue weighted by atomic mass is 10.1.